The van der Waals surface area contributed by atoms with Crippen LogP contribution in [0.3, 0.4) is 0 Å². The second-order valence-corrected chi connectivity index (χ2v) is 4.21. The highest BCUT2D eigenvalue weighted by Gasteiger charge is 2.19. The smallest absolute Gasteiger partial charge is 0.310 e. The topological polar surface area (TPSA) is 61.1 Å². The van der Waals surface area contributed by atoms with Gasteiger partial charge in [0.15, 0.2) is 0 Å². The molecular formula is C14H17NO2. The number of carbonyl (C=O) groups is 1. The number of hydrogen-bond donors (Lipinski definition) is 1. The standard InChI is InChI=1S/C14H17NO2/c1-11-6-5-7-12(10-11)13(14(16)17)8-3-2-4-9-15/h5-7,10,13H,2-4,8H2,1H3,(H,16,17). The minimum Gasteiger partial charge on any atom is -0.481 e. The predicted molar refractivity (Wildman–Crippen MR) is 65.6 cm³/mol. The summed E-state index contributed by atoms with van der Waals surface area (Å²) < 4.78 is 0. The highest BCUT2D eigenvalue weighted by molar-refractivity contribution is 5.76. The van der Waals surface area contributed by atoms with E-state index in [1.807, 2.05) is 31.2 Å². The van der Waals surface area contributed by atoms with Gasteiger partial charge in [0.1, 0.15) is 0 Å². The largest absolute Gasteiger partial charge is 0.481 e. The van der Waals surface area contributed by atoms with Crippen LogP contribution in [0.1, 0.15) is 42.7 Å². The van der Waals surface area contributed by atoms with Crippen LogP contribution >= 0.6 is 0 Å². The van der Waals surface area contributed by atoms with Crippen LogP contribution in [0.25, 0.3) is 0 Å². The SMILES string of the molecule is Cc1cccc(C(CCCCC#N)C(=O)O)c1. The molecule has 0 aliphatic carbocycles. The van der Waals surface area contributed by atoms with E-state index in [0.29, 0.717) is 12.8 Å². The van der Waals surface area contributed by atoms with E-state index in [2.05, 4.69) is 6.07 Å². The third-order valence-electron chi connectivity index (χ3n) is 2.77. The van der Waals surface area contributed by atoms with Crippen molar-refractivity contribution >= 4 is 5.97 Å². The monoisotopic (exact) mass is 231 g/mol. The van der Waals surface area contributed by atoms with Crippen molar-refractivity contribution < 1.29 is 9.90 Å². The summed E-state index contributed by atoms with van der Waals surface area (Å²) >= 11 is 0. The highest BCUT2D eigenvalue weighted by Crippen LogP contribution is 2.23. The van der Waals surface area contributed by atoms with Crippen LogP contribution in [0, 0.1) is 18.3 Å². The molecule has 0 aliphatic rings. The molecule has 1 aromatic carbocycles. The fourth-order valence-electron chi connectivity index (χ4n) is 1.87. The Labute approximate surface area is 102 Å². The maximum Gasteiger partial charge on any atom is 0.310 e. The number of benzene rings is 1. The first-order valence-corrected chi connectivity index (χ1v) is 5.81. The normalized spacial score (nSPS) is 11.8. The summed E-state index contributed by atoms with van der Waals surface area (Å²) in [7, 11) is 0. The summed E-state index contributed by atoms with van der Waals surface area (Å²) in [6.45, 7) is 1.96. The fourth-order valence-corrected chi connectivity index (χ4v) is 1.87. The summed E-state index contributed by atoms with van der Waals surface area (Å²) in [5.74, 6) is -1.24. The van der Waals surface area contributed by atoms with Crippen LogP contribution in [0.2, 0.25) is 0 Å². The Morgan fingerprint density at radius 1 is 1.47 bits per heavy atom. The van der Waals surface area contributed by atoms with E-state index in [1.165, 1.54) is 0 Å². The molecule has 1 rings (SSSR count). The molecule has 1 N–H and O–H groups in total. The lowest BCUT2D eigenvalue weighted by atomic mass is 9.92. The molecule has 1 atom stereocenters. The van der Waals surface area contributed by atoms with Crippen molar-refractivity contribution in [1.29, 1.82) is 5.26 Å². The Kier molecular flexibility index (Phi) is 5.22. The van der Waals surface area contributed by atoms with Crippen molar-refractivity contribution in [2.24, 2.45) is 0 Å². The molecule has 0 saturated carbocycles. The van der Waals surface area contributed by atoms with E-state index in [9.17, 15) is 9.90 Å². The summed E-state index contributed by atoms with van der Waals surface area (Å²) in [5, 5.41) is 17.6. The lowest BCUT2D eigenvalue weighted by Crippen LogP contribution is -2.11. The second-order valence-electron chi connectivity index (χ2n) is 4.21. The van der Waals surface area contributed by atoms with E-state index in [0.717, 1.165) is 24.0 Å². The van der Waals surface area contributed by atoms with Crippen molar-refractivity contribution in [3.8, 4) is 6.07 Å². The average molecular weight is 231 g/mol. The molecule has 3 heteroatoms. The molecule has 0 bridgehead atoms. The molecule has 17 heavy (non-hydrogen) atoms. The van der Waals surface area contributed by atoms with Crippen molar-refractivity contribution in [2.75, 3.05) is 0 Å². The molecule has 1 unspecified atom stereocenters. The predicted octanol–water partition coefficient (Wildman–Crippen LogP) is 3.25. The molecule has 0 radical (unpaired) electrons. The van der Waals surface area contributed by atoms with Gasteiger partial charge in [0.2, 0.25) is 0 Å². The van der Waals surface area contributed by atoms with Gasteiger partial charge in [-0.05, 0) is 25.3 Å². The number of nitrogens with zero attached hydrogens (tertiary/aromatic N) is 1. The molecule has 0 amide bonds. The van der Waals surface area contributed by atoms with Gasteiger partial charge in [0.05, 0.1) is 12.0 Å². The Bertz CT molecular complexity index is 420. The first-order chi connectivity index (χ1) is 8.15. The number of unbranched alkanes of at least 4 members (excludes halogenated alkanes) is 2. The summed E-state index contributed by atoms with van der Waals surface area (Å²) in [4.78, 5) is 11.2. The molecule has 0 spiro atoms. The number of rotatable bonds is 6. The zero-order valence-corrected chi connectivity index (χ0v) is 10.0. The molecule has 90 valence electrons. The van der Waals surface area contributed by atoms with E-state index in [-0.39, 0.29) is 0 Å². The van der Waals surface area contributed by atoms with Gasteiger partial charge in [-0.25, -0.2) is 0 Å². The van der Waals surface area contributed by atoms with E-state index in [1.54, 1.807) is 0 Å². The third-order valence-corrected chi connectivity index (χ3v) is 2.77. The zero-order valence-electron chi connectivity index (χ0n) is 10.0. The maximum atomic E-state index is 11.2. The summed E-state index contributed by atoms with van der Waals surface area (Å²) in [6.07, 6.45) is 2.64. The van der Waals surface area contributed by atoms with Crippen molar-refractivity contribution in [3.63, 3.8) is 0 Å². The minimum atomic E-state index is -0.785. The number of carboxylic acid groups (broad SMARTS) is 1. The van der Waals surface area contributed by atoms with Crippen molar-refractivity contribution in [2.45, 2.75) is 38.5 Å². The van der Waals surface area contributed by atoms with Gasteiger partial charge < -0.3 is 5.11 Å². The lowest BCUT2D eigenvalue weighted by Gasteiger charge is -2.12. The van der Waals surface area contributed by atoms with E-state index < -0.39 is 11.9 Å². The highest BCUT2D eigenvalue weighted by atomic mass is 16.4. The average Bonchev–Trinajstić information content (AvgIpc) is 2.28. The van der Waals surface area contributed by atoms with Gasteiger partial charge in [0.25, 0.3) is 0 Å². The molecule has 0 saturated heterocycles. The first kappa shape index (κ1) is 13.2. The number of carboxylic acids is 1. The first-order valence-electron chi connectivity index (χ1n) is 5.81. The summed E-state index contributed by atoms with van der Waals surface area (Å²) in [5.41, 5.74) is 1.93. The molecule has 0 fully saturated rings. The molecule has 0 aromatic heterocycles. The number of aryl methyl sites for hydroxylation is 1. The molecule has 3 nitrogen and oxygen atoms in total. The zero-order chi connectivity index (χ0) is 12.7. The van der Waals surface area contributed by atoms with Crippen LogP contribution < -0.4 is 0 Å². The maximum absolute atomic E-state index is 11.2. The van der Waals surface area contributed by atoms with Gasteiger partial charge in [-0.1, -0.05) is 36.2 Å². The van der Waals surface area contributed by atoms with Gasteiger partial charge in [-0.15, -0.1) is 0 Å². The van der Waals surface area contributed by atoms with E-state index in [4.69, 9.17) is 5.26 Å². The Hall–Kier alpha value is -1.82. The lowest BCUT2D eigenvalue weighted by molar-refractivity contribution is -0.139. The number of aliphatic carboxylic acids is 1. The molecule has 1 aromatic rings. The fraction of sp³-hybridized carbons (Fsp3) is 0.429. The molecule has 0 aliphatic heterocycles. The van der Waals surface area contributed by atoms with Gasteiger partial charge in [-0.2, -0.15) is 5.26 Å². The minimum absolute atomic E-state index is 0.450. The van der Waals surface area contributed by atoms with Gasteiger partial charge in [-0.3, -0.25) is 4.79 Å². The molecular weight excluding hydrogens is 214 g/mol. The number of nitriles is 1. The Balaban J connectivity index is 2.66. The van der Waals surface area contributed by atoms with Crippen LogP contribution in [0.5, 0.6) is 0 Å². The summed E-state index contributed by atoms with van der Waals surface area (Å²) in [6, 6.07) is 9.69. The van der Waals surface area contributed by atoms with Crippen LogP contribution in [-0.2, 0) is 4.79 Å². The third kappa shape index (κ3) is 4.28. The second kappa shape index (κ2) is 6.70. The van der Waals surface area contributed by atoms with Crippen molar-refractivity contribution in [1.82, 2.24) is 0 Å². The molecule has 0 heterocycles. The Morgan fingerprint density at radius 2 is 2.24 bits per heavy atom. The Morgan fingerprint density at radius 3 is 2.82 bits per heavy atom. The van der Waals surface area contributed by atoms with Crippen LogP contribution in [-0.4, -0.2) is 11.1 Å². The van der Waals surface area contributed by atoms with Crippen LogP contribution in [0.15, 0.2) is 24.3 Å². The quantitative estimate of drug-likeness (QED) is 0.764. The van der Waals surface area contributed by atoms with Gasteiger partial charge >= 0.3 is 5.97 Å². The van der Waals surface area contributed by atoms with Crippen LogP contribution in [0.4, 0.5) is 0 Å². The van der Waals surface area contributed by atoms with Crippen molar-refractivity contribution in [3.05, 3.63) is 35.4 Å². The van der Waals surface area contributed by atoms with E-state index >= 15 is 0 Å². The number of hydrogen-bond acceptors (Lipinski definition) is 2. The van der Waals surface area contributed by atoms with Gasteiger partial charge in [0, 0.05) is 6.42 Å².